The Kier molecular flexibility index (Phi) is 4.56. The minimum atomic E-state index is 0.266. The fourth-order valence-corrected chi connectivity index (χ4v) is 3.49. The monoisotopic (exact) mass is 287 g/mol. The van der Waals surface area contributed by atoms with Gasteiger partial charge in [0.05, 0.1) is 6.54 Å². The number of piperidine rings is 1. The first-order chi connectivity index (χ1) is 10.3. The number of hydrogen-bond donors (Lipinski definition) is 1. The molecule has 2 aliphatic heterocycles. The molecule has 0 radical (unpaired) electrons. The van der Waals surface area contributed by atoms with E-state index in [-0.39, 0.29) is 5.91 Å². The average molecular weight is 287 g/mol. The molecule has 2 N–H and O–H groups in total. The molecule has 1 fully saturated rings. The predicted octanol–water partition coefficient (Wildman–Crippen LogP) is 1.24. The van der Waals surface area contributed by atoms with Gasteiger partial charge in [-0.05, 0) is 49.4 Å². The lowest BCUT2D eigenvalue weighted by molar-refractivity contribution is -0.133. The Balaban J connectivity index is 1.57. The maximum atomic E-state index is 12.5. The Bertz CT molecular complexity index is 503. The number of rotatable bonds is 3. The van der Waals surface area contributed by atoms with Crippen LogP contribution in [0.2, 0.25) is 0 Å². The molecule has 4 heteroatoms. The molecular formula is C17H25N3O. The zero-order chi connectivity index (χ0) is 14.7. The summed E-state index contributed by atoms with van der Waals surface area (Å²) < 4.78 is 0. The van der Waals surface area contributed by atoms with E-state index >= 15 is 0 Å². The van der Waals surface area contributed by atoms with Crippen molar-refractivity contribution in [3.05, 3.63) is 35.4 Å². The third-order valence-electron chi connectivity index (χ3n) is 4.78. The molecule has 2 aliphatic rings. The molecular weight excluding hydrogens is 262 g/mol. The minimum absolute atomic E-state index is 0.266. The first-order valence-electron chi connectivity index (χ1n) is 8.03. The van der Waals surface area contributed by atoms with Crippen LogP contribution in [0.25, 0.3) is 0 Å². The Hall–Kier alpha value is -1.39. The van der Waals surface area contributed by atoms with Crippen molar-refractivity contribution in [2.75, 3.05) is 32.7 Å². The van der Waals surface area contributed by atoms with Gasteiger partial charge in [0.1, 0.15) is 0 Å². The third kappa shape index (κ3) is 3.44. The minimum Gasteiger partial charge on any atom is -0.337 e. The van der Waals surface area contributed by atoms with Gasteiger partial charge in [0, 0.05) is 19.6 Å². The smallest absolute Gasteiger partial charge is 0.237 e. The van der Waals surface area contributed by atoms with E-state index in [1.807, 2.05) is 4.90 Å². The van der Waals surface area contributed by atoms with Crippen LogP contribution in [-0.4, -0.2) is 48.4 Å². The van der Waals surface area contributed by atoms with Crippen LogP contribution in [0.15, 0.2) is 24.3 Å². The molecule has 1 aromatic rings. The van der Waals surface area contributed by atoms with Gasteiger partial charge in [-0.3, -0.25) is 9.69 Å². The number of carbonyl (C=O) groups is 1. The highest BCUT2D eigenvalue weighted by molar-refractivity contribution is 5.78. The van der Waals surface area contributed by atoms with Gasteiger partial charge >= 0.3 is 0 Å². The van der Waals surface area contributed by atoms with Gasteiger partial charge < -0.3 is 10.6 Å². The van der Waals surface area contributed by atoms with E-state index < -0.39 is 0 Å². The zero-order valence-corrected chi connectivity index (χ0v) is 12.6. The third-order valence-corrected chi connectivity index (χ3v) is 4.78. The van der Waals surface area contributed by atoms with Gasteiger partial charge in [-0.2, -0.15) is 0 Å². The number of nitrogens with zero attached hydrogens (tertiary/aromatic N) is 2. The lowest BCUT2D eigenvalue weighted by Crippen LogP contribution is -2.46. The molecule has 1 saturated heterocycles. The highest BCUT2D eigenvalue weighted by atomic mass is 16.2. The summed E-state index contributed by atoms with van der Waals surface area (Å²) in [6.45, 7) is 4.92. The van der Waals surface area contributed by atoms with Gasteiger partial charge in [-0.1, -0.05) is 24.3 Å². The summed E-state index contributed by atoms with van der Waals surface area (Å²) in [5.41, 5.74) is 8.46. The van der Waals surface area contributed by atoms with Crippen LogP contribution in [0.3, 0.4) is 0 Å². The van der Waals surface area contributed by atoms with Gasteiger partial charge in [0.15, 0.2) is 0 Å². The summed E-state index contributed by atoms with van der Waals surface area (Å²) >= 11 is 0. The molecule has 0 bridgehead atoms. The fourth-order valence-electron chi connectivity index (χ4n) is 3.49. The molecule has 21 heavy (non-hydrogen) atoms. The van der Waals surface area contributed by atoms with Gasteiger partial charge in [-0.15, -0.1) is 0 Å². The lowest BCUT2D eigenvalue weighted by Gasteiger charge is -2.34. The van der Waals surface area contributed by atoms with E-state index in [9.17, 15) is 4.79 Å². The van der Waals surface area contributed by atoms with Gasteiger partial charge in [0.2, 0.25) is 5.91 Å². The van der Waals surface area contributed by atoms with Crippen LogP contribution < -0.4 is 5.73 Å². The molecule has 0 aromatic heterocycles. The normalized spacial score (nSPS) is 22.9. The van der Waals surface area contributed by atoms with E-state index in [2.05, 4.69) is 29.2 Å². The number of carbonyl (C=O) groups excluding carboxylic acids is 1. The molecule has 1 unspecified atom stereocenters. The Labute approximate surface area is 126 Å². The summed E-state index contributed by atoms with van der Waals surface area (Å²) in [7, 11) is 0. The molecule has 114 valence electrons. The molecule has 0 spiro atoms. The van der Waals surface area contributed by atoms with E-state index in [4.69, 9.17) is 5.73 Å². The quantitative estimate of drug-likeness (QED) is 0.910. The number of amides is 1. The van der Waals surface area contributed by atoms with Crippen LogP contribution in [0.1, 0.15) is 24.0 Å². The van der Waals surface area contributed by atoms with Crippen molar-refractivity contribution in [1.29, 1.82) is 0 Å². The number of benzene rings is 1. The van der Waals surface area contributed by atoms with Crippen molar-refractivity contribution < 1.29 is 4.79 Å². The highest BCUT2D eigenvalue weighted by Gasteiger charge is 2.25. The van der Waals surface area contributed by atoms with Crippen molar-refractivity contribution >= 4 is 5.91 Å². The van der Waals surface area contributed by atoms with Crippen LogP contribution in [0, 0.1) is 5.92 Å². The number of fused-ring (bicyclic) bond motifs is 1. The van der Waals surface area contributed by atoms with Crippen molar-refractivity contribution in [2.45, 2.75) is 25.8 Å². The van der Waals surface area contributed by atoms with Crippen LogP contribution in [0.4, 0.5) is 0 Å². The molecule has 4 nitrogen and oxygen atoms in total. The van der Waals surface area contributed by atoms with E-state index in [0.717, 1.165) is 45.6 Å². The van der Waals surface area contributed by atoms with E-state index in [0.29, 0.717) is 12.5 Å². The van der Waals surface area contributed by atoms with Crippen molar-refractivity contribution in [2.24, 2.45) is 11.7 Å². The first-order valence-corrected chi connectivity index (χ1v) is 8.03. The maximum absolute atomic E-state index is 12.5. The van der Waals surface area contributed by atoms with Crippen LogP contribution in [-0.2, 0) is 17.8 Å². The van der Waals surface area contributed by atoms with E-state index in [1.54, 1.807) is 0 Å². The van der Waals surface area contributed by atoms with E-state index in [1.165, 1.54) is 17.5 Å². The molecule has 1 aromatic carbocycles. The fraction of sp³-hybridized carbons (Fsp3) is 0.588. The Morgan fingerprint density at radius 2 is 2.05 bits per heavy atom. The van der Waals surface area contributed by atoms with Crippen molar-refractivity contribution in [3.63, 3.8) is 0 Å². The predicted molar refractivity (Wildman–Crippen MR) is 83.8 cm³/mol. The van der Waals surface area contributed by atoms with Crippen LogP contribution in [0.5, 0.6) is 0 Å². The summed E-state index contributed by atoms with van der Waals surface area (Å²) in [5, 5.41) is 0. The maximum Gasteiger partial charge on any atom is 0.237 e. The Morgan fingerprint density at radius 1 is 1.24 bits per heavy atom. The molecule has 1 atom stereocenters. The standard InChI is InChI=1S/C17H25N3O/c18-10-14-4-3-8-19(11-14)13-17(21)20-9-7-15-5-1-2-6-16(15)12-20/h1-2,5-6,14H,3-4,7-13,18H2. The summed E-state index contributed by atoms with van der Waals surface area (Å²) in [6, 6.07) is 8.45. The van der Waals surface area contributed by atoms with Crippen LogP contribution >= 0.6 is 0 Å². The SMILES string of the molecule is NCC1CCCN(CC(=O)N2CCc3ccccc3C2)C1. The number of likely N-dealkylation sites (tertiary alicyclic amines) is 1. The lowest BCUT2D eigenvalue weighted by atomic mass is 9.98. The summed E-state index contributed by atoms with van der Waals surface area (Å²) in [5.74, 6) is 0.829. The topological polar surface area (TPSA) is 49.6 Å². The average Bonchev–Trinajstić information content (AvgIpc) is 2.54. The first kappa shape index (κ1) is 14.5. The second-order valence-electron chi connectivity index (χ2n) is 6.31. The molecule has 1 amide bonds. The molecule has 0 saturated carbocycles. The van der Waals surface area contributed by atoms with Crippen molar-refractivity contribution in [1.82, 2.24) is 9.80 Å². The molecule has 0 aliphatic carbocycles. The van der Waals surface area contributed by atoms with Gasteiger partial charge in [-0.25, -0.2) is 0 Å². The second-order valence-corrected chi connectivity index (χ2v) is 6.31. The van der Waals surface area contributed by atoms with Crippen molar-refractivity contribution in [3.8, 4) is 0 Å². The summed E-state index contributed by atoms with van der Waals surface area (Å²) in [6.07, 6.45) is 3.35. The highest BCUT2D eigenvalue weighted by Crippen LogP contribution is 2.20. The summed E-state index contributed by atoms with van der Waals surface area (Å²) in [4.78, 5) is 16.8. The largest absolute Gasteiger partial charge is 0.337 e. The second kappa shape index (κ2) is 6.58. The molecule has 3 rings (SSSR count). The number of hydrogen-bond acceptors (Lipinski definition) is 3. The Morgan fingerprint density at radius 3 is 2.86 bits per heavy atom. The van der Waals surface area contributed by atoms with Gasteiger partial charge in [0.25, 0.3) is 0 Å². The molecule has 2 heterocycles. The zero-order valence-electron chi connectivity index (χ0n) is 12.6. The number of nitrogens with two attached hydrogens (primary N) is 1.